The number of benzene rings is 2. The van der Waals surface area contributed by atoms with Gasteiger partial charge in [0.2, 0.25) is 0 Å². The maximum Gasteiger partial charge on any atom is 0.402 e. The van der Waals surface area contributed by atoms with Crippen LogP contribution in [0.25, 0.3) is 22.5 Å². The summed E-state index contributed by atoms with van der Waals surface area (Å²) in [6.07, 6.45) is -1.90. The molecule has 1 aliphatic heterocycles. The minimum absolute atomic E-state index is 0.0768. The van der Waals surface area contributed by atoms with Crippen LogP contribution in [0.2, 0.25) is 0 Å². The molecule has 2 fully saturated rings. The third-order valence-electron chi connectivity index (χ3n) is 8.21. The van der Waals surface area contributed by atoms with Crippen molar-refractivity contribution in [3.8, 4) is 22.5 Å². The van der Waals surface area contributed by atoms with Gasteiger partial charge in [-0.05, 0) is 72.9 Å². The lowest BCUT2D eigenvalue weighted by Gasteiger charge is -2.33. The van der Waals surface area contributed by atoms with Crippen molar-refractivity contribution in [3.05, 3.63) is 65.5 Å². The molecule has 2 bridgehead atoms. The van der Waals surface area contributed by atoms with Crippen molar-refractivity contribution in [3.63, 3.8) is 0 Å². The normalized spacial score (nSPS) is 26.9. The van der Waals surface area contributed by atoms with E-state index in [1.54, 1.807) is 17.8 Å². The van der Waals surface area contributed by atoms with Crippen molar-refractivity contribution in [1.29, 1.82) is 0 Å². The van der Waals surface area contributed by atoms with Crippen molar-refractivity contribution in [2.24, 2.45) is 18.9 Å². The number of nitrogens with zero attached hydrogens (tertiary/aromatic N) is 3. The molecule has 3 aliphatic rings. The van der Waals surface area contributed by atoms with Crippen LogP contribution in [0.3, 0.4) is 0 Å². The number of aromatic nitrogens is 2. The molecule has 0 amide bonds. The van der Waals surface area contributed by atoms with Crippen LogP contribution in [0.5, 0.6) is 0 Å². The van der Waals surface area contributed by atoms with Gasteiger partial charge in [0.25, 0.3) is 10.2 Å². The zero-order valence-electron chi connectivity index (χ0n) is 20.1. The van der Waals surface area contributed by atoms with Crippen LogP contribution in [-0.4, -0.2) is 47.3 Å². The topological polar surface area (TPSA) is 67.2 Å². The third-order valence-corrected chi connectivity index (χ3v) is 9.78. The van der Waals surface area contributed by atoms with E-state index in [-0.39, 0.29) is 24.2 Å². The van der Waals surface area contributed by atoms with Crippen LogP contribution >= 0.6 is 0 Å². The predicted octanol–water partition coefficient (Wildman–Crippen LogP) is 4.47. The standard InChI is InChI=1S/C26H26F4N4O2S/c1-33-24(18-3-2-4-22(27)12-18)13-23(31-33)17-6-5-16-10-20-7-8-21(11-19(16)9-17)25(20)14-34(15-26(28,29)30)37(35,36)32-25/h2-6,9,12-13,20-21,32H,7-8,10-11,14-15H2,1H3/t20-,21+,25+/m0/s1. The van der Waals surface area contributed by atoms with Crippen molar-refractivity contribution < 1.29 is 26.0 Å². The average molecular weight is 535 g/mol. The molecule has 2 aliphatic carbocycles. The molecule has 6 rings (SSSR count). The summed E-state index contributed by atoms with van der Waals surface area (Å²) in [5.74, 6) is -0.508. The monoisotopic (exact) mass is 534 g/mol. The minimum Gasteiger partial charge on any atom is -0.267 e. The molecule has 11 heteroatoms. The summed E-state index contributed by atoms with van der Waals surface area (Å²) >= 11 is 0. The SMILES string of the molecule is Cn1nc(-c2ccc3c(c2)C[C@H]2CC[C@@H](C3)[C@]23CN(CC(F)(F)F)S(=O)(=O)N3)cc1-c1cccc(F)c1. The molecule has 1 N–H and O–H groups in total. The fraction of sp³-hybridized carbons (Fsp3) is 0.423. The maximum absolute atomic E-state index is 13.8. The first-order chi connectivity index (χ1) is 17.4. The van der Waals surface area contributed by atoms with Gasteiger partial charge in [-0.3, -0.25) is 4.68 Å². The van der Waals surface area contributed by atoms with Crippen LogP contribution in [0, 0.1) is 17.7 Å². The number of hydrogen-bond acceptors (Lipinski definition) is 3. The number of nitrogens with one attached hydrogen (secondary N) is 1. The van der Waals surface area contributed by atoms with Crippen LogP contribution in [0.4, 0.5) is 17.6 Å². The van der Waals surface area contributed by atoms with Crippen LogP contribution in [0.1, 0.15) is 24.0 Å². The number of rotatable bonds is 3. The van der Waals surface area contributed by atoms with Gasteiger partial charge in [0, 0.05) is 24.7 Å². The Morgan fingerprint density at radius 2 is 1.76 bits per heavy atom. The molecule has 1 aromatic heterocycles. The van der Waals surface area contributed by atoms with Gasteiger partial charge in [-0.15, -0.1) is 0 Å². The molecular formula is C26H26F4N4O2S. The van der Waals surface area contributed by atoms with Gasteiger partial charge in [-0.25, -0.2) is 4.39 Å². The Balaban J connectivity index is 1.31. The molecule has 1 saturated carbocycles. The molecule has 2 aromatic carbocycles. The fourth-order valence-electron chi connectivity index (χ4n) is 6.53. The van der Waals surface area contributed by atoms with Gasteiger partial charge >= 0.3 is 6.18 Å². The van der Waals surface area contributed by atoms with E-state index < -0.39 is 28.5 Å². The lowest BCUT2D eigenvalue weighted by molar-refractivity contribution is -0.136. The van der Waals surface area contributed by atoms with E-state index >= 15 is 0 Å². The Labute approximate surface area is 212 Å². The summed E-state index contributed by atoms with van der Waals surface area (Å²) in [5, 5.41) is 4.63. The summed E-state index contributed by atoms with van der Waals surface area (Å²) in [7, 11) is -2.42. The Kier molecular flexibility index (Phi) is 5.56. The Bertz CT molecular complexity index is 1490. The maximum atomic E-state index is 13.8. The summed E-state index contributed by atoms with van der Waals surface area (Å²) in [6, 6.07) is 14.3. The summed E-state index contributed by atoms with van der Waals surface area (Å²) in [4.78, 5) is 0. The number of aryl methyl sites for hydroxylation is 1. The largest absolute Gasteiger partial charge is 0.402 e. The van der Waals surface area contributed by atoms with E-state index in [4.69, 9.17) is 0 Å². The van der Waals surface area contributed by atoms with Crippen molar-refractivity contribution in [1.82, 2.24) is 18.8 Å². The highest BCUT2D eigenvalue weighted by Crippen LogP contribution is 2.51. The molecule has 37 heavy (non-hydrogen) atoms. The van der Waals surface area contributed by atoms with Crippen LogP contribution in [-0.2, 0) is 30.1 Å². The Morgan fingerprint density at radius 1 is 1.03 bits per heavy atom. The minimum atomic E-state index is -4.60. The molecule has 6 nitrogen and oxygen atoms in total. The first-order valence-electron chi connectivity index (χ1n) is 12.2. The average Bonchev–Trinajstić information content (AvgIpc) is 3.38. The highest BCUT2D eigenvalue weighted by atomic mass is 32.2. The van der Waals surface area contributed by atoms with Gasteiger partial charge in [-0.2, -0.15) is 35.7 Å². The first kappa shape index (κ1) is 24.6. The smallest absolute Gasteiger partial charge is 0.267 e. The van der Waals surface area contributed by atoms with Gasteiger partial charge in [0.05, 0.1) is 16.9 Å². The lowest BCUT2D eigenvalue weighted by atomic mass is 9.79. The number of halogens is 4. The zero-order valence-corrected chi connectivity index (χ0v) is 20.9. The van der Waals surface area contributed by atoms with Gasteiger partial charge in [-0.1, -0.05) is 24.3 Å². The summed E-state index contributed by atoms with van der Waals surface area (Å²) in [6.45, 7) is -1.64. The number of alkyl halides is 3. The molecule has 3 aromatic rings. The molecular weight excluding hydrogens is 508 g/mol. The summed E-state index contributed by atoms with van der Waals surface area (Å²) < 4.78 is 83.5. The van der Waals surface area contributed by atoms with Gasteiger partial charge in [0.1, 0.15) is 12.4 Å². The molecule has 196 valence electrons. The van der Waals surface area contributed by atoms with Crippen molar-refractivity contribution in [2.75, 3.05) is 13.1 Å². The second kappa shape index (κ2) is 8.37. The molecule has 1 saturated heterocycles. The zero-order chi connectivity index (χ0) is 26.2. The van der Waals surface area contributed by atoms with E-state index in [0.717, 1.165) is 40.9 Å². The second-order valence-corrected chi connectivity index (χ2v) is 12.1. The van der Waals surface area contributed by atoms with Crippen LogP contribution in [0.15, 0.2) is 48.5 Å². The fourth-order valence-corrected chi connectivity index (χ4v) is 8.24. The number of hydrogen-bond donors (Lipinski definition) is 1. The highest BCUT2D eigenvalue weighted by Gasteiger charge is 2.60. The molecule has 0 radical (unpaired) electrons. The van der Waals surface area contributed by atoms with Gasteiger partial charge < -0.3 is 0 Å². The Hall–Kier alpha value is -2.76. The van der Waals surface area contributed by atoms with E-state index in [9.17, 15) is 26.0 Å². The second-order valence-electron chi connectivity index (χ2n) is 10.4. The molecule has 1 spiro atoms. The van der Waals surface area contributed by atoms with E-state index in [2.05, 4.69) is 15.9 Å². The van der Waals surface area contributed by atoms with E-state index in [0.29, 0.717) is 22.7 Å². The van der Waals surface area contributed by atoms with Crippen LogP contribution < -0.4 is 4.72 Å². The van der Waals surface area contributed by atoms with Crippen molar-refractivity contribution >= 4 is 10.2 Å². The highest BCUT2D eigenvalue weighted by molar-refractivity contribution is 7.87. The Morgan fingerprint density at radius 3 is 2.46 bits per heavy atom. The quantitative estimate of drug-likeness (QED) is 0.505. The van der Waals surface area contributed by atoms with E-state index in [1.807, 2.05) is 24.3 Å². The number of fused-ring (bicyclic) bond motifs is 1. The molecule has 2 heterocycles. The lowest BCUT2D eigenvalue weighted by Crippen LogP contribution is -2.52. The van der Waals surface area contributed by atoms with Crippen molar-refractivity contribution in [2.45, 2.75) is 37.4 Å². The molecule has 3 atom stereocenters. The van der Waals surface area contributed by atoms with Gasteiger partial charge in [0.15, 0.2) is 0 Å². The predicted molar refractivity (Wildman–Crippen MR) is 130 cm³/mol. The molecule has 0 unspecified atom stereocenters. The third kappa shape index (κ3) is 4.26. The first-order valence-corrected chi connectivity index (χ1v) is 13.7. The summed E-state index contributed by atoms with van der Waals surface area (Å²) in [5.41, 5.74) is 4.35. The van der Waals surface area contributed by atoms with E-state index in [1.165, 1.54) is 12.1 Å².